The van der Waals surface area contributed by atoms with Crippen LogP contribution in [0.3, 0.4) is 0 Å². The van der Waals surface area contributed by atoms with Crippen molar-refractivity contribution in [2.75, 3.05) is 60.3 Å². The Morgan fingerprint density at radius 3 is 2.27 bits per heavy atom. The van der Waals surface area contributed by atoms with E-state index in [2.05, 4.69) is 84.6 Å². The lowest BCUT2D eigenvalue weighted by molar-refractivity contribution is -0.112. The molecule has 55 heavy (non-hydrogen) atoms. The molecule has 1 aromatic heterocycles. The van der Waals surface area contributed by atoms with Gasteiger partial charge in [-0.25, -0.2) is 0 Å². The normalized spacial score (nSPS) is 24.1. The number of nitrogens with one attached hydrogen (secondary N) is 1. The van der Waals surface area contributed by atoms with E-state index in [9.17, 15) is 9.59 Å². The second kappa shape index (κ2) is 19.8. The summed E-state index contributed by atoms with van der Waals surface area (Å²) < 4.78 is 10.4. The molecule has 2 aromatic carbocycles. The maximum Gasteiger partial charge on any atom is 0.251 e. The van der Waals surface area contributed by atoms with E-state index in [0.717, 1.165) is 53.2 Å². The molecule has 7 rings (SSSR count). The van der Waals surface area contributed by atoms with E-state index >= 15 is 0 Å². The Kier molecular flexibility index (Phi) is 15.7. The first-order chi connectivity index (χ1) is 26.3. The first-order valence-corrected chi connectivity index (χ1v) is 20.5. The number of ether oxygens (including phenoxy) is 1. The SMILES string of the molecule is CC.CC1CCC(CN(C)C)N1C.CNC(=O)c1ccc2c(c1)N(C)CC1(C=O)CC1c1cc(OC)ccc1/C=C/2C1CCCCC1.Cc1noc(C)c1C. The molecule has 9 nitrogen and oxygen atoms in total. The van der Waals surface area contributed by atoms with E-state index in [4.69, 9.17) is 9.26 Å². The Balaban J connectivity index is 0.000000261. The van der Waals surface area contributed by atoms with Crippen molar-refractivity contribution < 1.29 is 18.8 Å². The predicted molar refractivity (Wildman–Crippen MR) is 227 cm³/mol. The van der Waals surface area contributed by atoms with Gasteiger partial charge in [0.25, 0.3) is 5.91 Å². The van der Waals surface area contributed by atoms with Gasteiger partial charge in [0, 0.05) is 61.6 Å². The van der Waals surface area contributed by atoms with Crippen LogP contribution in [0.2, 0.25) is 0 Å². The molecule has 1 N–H and O–H groups in total. The molecule has 1 saturated heterocycles. The molecule has 302 valence electrons. The zero-order valence-corrected chi connectivity index (χ0v) is 35.9. The van der Waals surface area contributed by atoms with Crippen LogP contribution in [0.1, 0.15) is 122 Å². The number of aryl methyl sites for hydroxylation is 2. The highest BCUT2D eigenvalue weighted by atomic mass is 16.5. The minimum Gasteiger partial charge on any atom is -0.497 e. The third-order valence-electron chi connectivity index (χ3n) is 12.3. The van der Waals surface area contributed by atoms with Crippen molar-refractivity contribution in [1.82, 2.24) is 20.3 Å². The third-order valence-corrected chi connectivity index (χ3v) is 12.3. The Hall–Kier alpha value is -3.95. The first kappa shape index (κ1) is 43.8. The number of likely N-dealkylation sites (N-methyl/N-ethyl adjacent to an activating group) is 2. The molecular weight excluding hydrogens is 687 g/mol. The van der Waals surface area contributed by atoms with Crippen molar-refractivity contribution >= 4 is 29.5 Å². The van der Waals surface area contributed by atoms with Gasteiger partial charge >= 0.3 is 0 Å². The molecule has 0 spiro atoms. The molecule has 1 amide bonds. The summed E-state index contributed by atoms with van der Waals surface area (Å²) in [4.78, 5) is 31.8. The number of allylic oxidation sites excluding steroid dienone is 1. The number of amides is 1. The zero-order valence-electron chi connectivity index (χ0n) is 35.9. The zero-order chi connectivity index (χ0) is 40.4. The number of carbonyl (C=O) groups is 2. The molecular formula is C46H69N5O4. The van der Waals surface area contributed by atoms with Crippen LogP contribution in [0, 0.1) is 32.1 Å². The number of hydrogen-bond donors (Lipinski definition) is 1. The van der Waals surface area contributed by atoms with Crippen molar-refractivity contribution in [3.63, 3.8) is 0 Å². The summed E-state index contributed by atoms with van der Waals surface area (Å²) in [7, 11) is 11.9. The number of benzene rings is 2. The maximum atomic E-state index is 12.5. The van der Waals surface area contributed by atoms with Crippen molar-refractivity contribution in [3.8, 4) is 5.75 Å². The van der Waals surface area contributed by atoms with E-state index in [1.807, 2.05) is 52.8 Å². The smallest absolute Gasteiger partial charge is 0.251 e. The number of rotatable bonds is 6. The lowest BCUT2D eigenvalue weighted by atomic mass is 9.78. The standard InChI is InChI=1S/C29H34N2O3.C9H20N2.C6H9NO.C2H6/c1-30-28(33)21-10-12-23-24(19-7-5-4-6-8-19)13-20-9-11-22(34-3)15-25(20)26-16-29(26,18-32)17-31(2)27(23)14-21;1-8-5-6-9(11(8)4)7-10(2)3;1-4-5(2)7-8-6(4)3;1-2/h9-15,18-19,26H,4-8,16-17H2,1-3H3,(H,30,33);8-9H,5-7H2,1-4H3;1-3H3;1-2H3/b24-13+;;;. The molecule has 0 bridgehead atoms. The monoisotopic (exact) mass is 756 g/mol. The number of carbonyl (C=O) groups excluding carboxylic acids is 2. The Labute approximate surface area is 331 Å². The van der Waals surface area contributed by atoms with Gasteiger partial charge < -0.3 is 29.2 Å². The summed E-state index contributed by atoms with van der Waals surface area (Å²) in [5.41, 5.74) is 8.30. The lowest BCUT2D eigenvalue weighted by Gasteiger charge is -2.32. The number of fused-ring (bicyclic) bond motifs is 4. The molecule has 3 aromatic rings. The molecule has 9 heteroatoms. The van der Waals surface area contributed by atoms with Crippen LogP contribution in [0.15, 0.2) is 40.9 Å². The van der Waals surface area contributed by atoms with E-state index in [0.29, 0.717) is 18.0 Å². The molecule has 4 atom stereocenters. The van der Waals surface area contributed by atoms with Gasteiger partial charge in [0.2, 0.25) is 0 Å². The average Bonchev–Trinajstić information content (AvgIpc) is 3.74. The van der Waals surface area contributed by atoms with E-state index in [1.165, 1.54) is 73.8 Å². The van der Waals surface area contributed by atoms with E-state index < -0.39 is 5.41 Å². The Morgan fingerprint density at radius 1 is 1.04 bits per heavy atom. The largest absolute Gasteiger partial charge is 0.497 e. The summed E-state index contributed by atoms with van der Waals surface area (Å²) in [5, 5.41) is 6.49. The molecule has 3 heterocycles. The number of nitrogens with zero attached hydrogens (tertiary/aromatic N) is 4. The molecule has 2 saturated carbocycles. The maximum absolute atomic E-state index is 12.5. The number of anilines is 1. The first-order valence-electron chi connectivity index (χ1n) is 20.5. The second-order valence-electron chi connectivity index (χ2n) is 16.2. The van der Waals surface area contributed by atoms with Gasteiger partial charge in [-0.05, 0) is 134 Å². The van der Waals surface area contributed by atoms with Gasteiger partial charge in [-0.2, -0.15) is 0 Å². The highest BCUT2D eigenvalue weighted by Gasteiger charge is 2.56. The summed E-state index contributed by atoms with van der Waals surface area (Å²) in [5.74, 6) is 2.31. The fraction of sp³-hybridized carbons (Fsp3) is 0.587. The van der Waals surface area contributed by atoms with Crippen LogP contribution >= 0.6 is 0 Å². The average molecular weight is 756 g/mol. The molecule has 0 radical (unpaired) electrons. The predicted octanol–water partition coefficient (Wildman–Crippen LogP) is 8.95. The van der Waals surface area contributed by atoms with Crippen LogP contribution in [0.5, 0.6) is 5.75 Å². The number of hydrogen-bond acceptors (Lipinski definition) is 8. The fourth-order valence-electron chi connectivity index (χ4n) is 8.47. The topological polar surface area (TPSA) is 91.2 Å². The van der Waals surface area contributed by atoms with E-state index in [1.54, 1.807) is 14.2 Å². The van der Waals surface area contributed by atoms with Gasteiger partial charge in [-0.15, -0.1) is 0 Å². The molecule has 3 fully saturated rings. The van der Waals surface area contributed by atoms with Crippen molar-refractivity contribution in [1.29, 1.82) is 0 Å². The van der Waals surface area contributed by atoms with Crippen molar-refractivity contribution in [3.05, 3.63) is 75.7 Å². The summed E-state index contributed by atoms with van der Waals surface area (Å²) >= 11 is 0. The second-order valence-corrected chi connectivity index (χ2v) is 16.2. The van der Waals surface area contributed by atoms with Crippen LogP contribution in [0.25, 0.3) is 11.6 Å². The summed E-state index contributed by atoms with van der Waals surface area (Å²) in [6.45, 7) is 14.0. The van der Waals surface area contributed by atoms with Crippen molar-refractivity contribution in [2.24, 2.45) is 11.3 Å². The molecule has 2 aliphatic heterocycles. The number of aromatic nitrogens is 1. The highest BCUT2D eigenvalue weighted by Crippen LogP contribution is 2.60. The van der Waals surface area contributed by atoms with Crippen LogP contribution in [-0.4, -0.2) is 94.7 Å². The third kappa shape index (κ3) is 10.5. The fourth-order valence-corrected chi connectivity index (χ4v) is 8.47. The van der Waals surface area contributed by atoms with Crippen LogP contribution < -0.4 is 15.0 Å². The summed E-state index contributed by atoms with van der Waals surface area (Å²) in [6.07, 6.45) is 13.2. The Bertz CT molecular complexity index is 1740. The van der Waals surface area contributed by atoms with Gasteiger partial charge in [-0.3, -0.25) is 9.69 Å². The van der Waals surface area contributed by atoms with E-state index in [-0.39, 0.29) is 11.8 Å². The van der Waals surface area contributed by atoms with Gasteiger partial charge in [0.1, 0.15) is 17.8 Å². The number of methoxy groups -OCH3 is 1. The quantitative estimate of drug-likeness (QED) is 0.250. The number of aldehydes is 1. The van der Waals surface area contributed by atoms with Gasteiger partial charge in [0.05, 0.1) is 18.2 Å². The van der Waals surface area contributed by atoms with Gasteiger partial charge in [0.15, 0.2) is 0 Å². The Morgan fingerprint density at radius 2 is 1.75 bits per heavy atom. The van der Waals surface area contributed by atoms with Crippen molar-refractivity contribution in [2.45, 2.75) is 111 Å². The number of likely N-dealkylation sites (tertiary alicyclic amines) is 1. The lowest BCUT2D eigenvalue weighted by Crippen LogP contribution is -2.37. The highest BCUT2D eigenvalue weighted by molar-refractivity contribution is 5.98. The molecule has 4 unspecified atom stereocenters. The van der Waals surface area contributed by atoms with Gasteiger partial charge in [-0.1, -0.05) is 56.5 Å². The van der Waals surface area contributed by atoms with Crippen LogP contribution in [-0.2, 0) is 4.79 Å². The molecule has 4 aliphatic rings. The molecule has 2 aliphatic carbocycles. The minimum atomic E-state index is -0.424. The minimum absolute atomic E-state index is 0.0941. The van der Waals surface area contributed by atoms with Crippen LogP contribution in [0.4, 0.5) is 5.69 Å². The summed E-state index contributed by atoms with van der Waals surface area (Å²) in [6, 6.07) is 13.9.